The summed E-state index contributed by atoms with van der Waals surface area (Å²) in [6.07, 6.45) is -0.713. The zero-order valence-corrected chi connectivity index (χ0v) is 9.75. The van der Waals surface area contributed by atoms with Gasteiger partial charge in [0.1, 0.15) is 5.52 Å². The van der Waals surface area contributed by atoms with Gasteiger partial charge in [-0.15, -0.1) is 0 Å². The van der Waals surface area contributed by atoms with E-state index >= 15 is 0 Å². The van der Waals surface area contributed by atoms with E-state index in [1.807, 2.05) is 0 Å². The Hall–Kier alpha value is -1.95. The van der Waals surface area contributed by atoms with Gasteiger partial charge in [0, 0.05) is 0 Å². The molecule has 6 nitrogen and oxygen atoms in total. The first kappa shape index (κ1) is 11.5. The van der Waals surface area contributed by atoms with Gasteiger partial charge in [-0.1, -0.05) is 17.7 Å². The SMILES string of the molecule is CCOC(=O)Nn1c(=O)[nH]c2cccc(Cl)c21. The Morgan fingerprint density at radius 1 is 1.59 bits per heavy atom. The highest BCUT2D eigenvalue weighted by Crippen LogP contribution is 2.19. The van der Waals surface area contributed by atoms with E-state index in [4.69, 9.17) is 16.3 Å². The van der Waals surface area contributed by atoms with Crippen LogP contribution in [0.4, 0.5) is 4.79 Å². The quantitative estimate of drug-likeness (QED) is 0.857. The molecule has 0 unspecified atom stereocenters. The average molecular weight is 256 g/mol. The summed E-state index contributed by atoms with van der Waals surface area (Å²) in [7, 11) is 0. The van der Waals surface area contributed by atoms with Crippen LogP contribution in [0.1, 0.15) is 6.92 Å². The normalized spacial score (nSPS) is 10.5. The van der Waals surface area contributed by atoms with Gasteiger partial charge < -0.3 is 9.72 Å². The molecule has 90 valence electrons. The molecular formula is C10H10ClN3O3. The maximum absolute atomic E-state index is 11.6. The Morgan fingerprint density at radius 2 is 2.35 bits per heavy atom. The summed E-state index contributed by atoms with van der Waals surface area (Å²) in [5.41, 5.74) is 2.77. The summed E-state index contributed by atoms with van der Waals surface area (Å²) in [4.78, 5) is 25.4. The van der Waals surface area contributed by atoms with Gasteiger partial charge in [-0.3, -0.25) is 0 Å². The van der Waals surface area contributed by atoms with E-state index in [-0.39, 0.29) is 6.61 Å². The number of fused-ring (bicyclic) bond motifs is 1. The molecule has 0 saturated carbocycles. The second-order valence-corrected chi connectivity index (χ2v) is 3.64. The van der Waals surface area contributed by atoms with E-state index in [1.54, 1.807) is 25.1 Å². The number of nitrogens with zero attached hydrogens (tertiary/aromatic N) is 1. The minimum absolute atomic E-state index is 0.219. The van der Waals surface area contributed by atoms with Crippen LogP contribution in [0.3, 0.4) is 0 Å². The minimum Gasteiger partial charge on any atom is -0.449 e. The number of imidazole rings is 1. The molecule has 17 heavy (non-hydrogen) atoms. The number of nitrogens with one attached hydrogen (secondary N) is 2. The number of carbonyl (C=O) groups is 1. The molecule has 0 bridgehead atoms. The van der Waals surface area contributed by atoms with E-state index in [0.717, 1.165) is 4.68 Å². The monoisotopic (exact) mass is 255 g/mol. The highest BCUT2D eigenvalue weighted by atomic mass is 35.5. The van der Waals surface area contributed by atoms with Crippen LogP contribution in [0, 0.1) is 0 Å². The van der Waals surface area contributed by atoms with Crippen molar-refractivity contribution >= 4 is 28.7 Å². The molecule has 0 fully saturated rings. The van der Waals surface area contributed by atoms with Crippen LogP contribution in [0.15, 0.2) is 23.0 Å². The number of rotatable bonds is 2. The summed E-state index contributed by atoms with van der Waals surface area (Å²) in [5.74, 6) is 0. The molecule has 2 N–H and O–H groups in total. The van der Waals surface area contributed by atoms with E-state index in [2.05, 4.69) is 10.4 Å². The number of halogens is 1. The number of ether oxygens (including phenoxy) is 1. The Bertz CT molecular complexity index is 617. The first-order valence-electron chi connectivity index (χ1n) is 4.96. The van der Waals surface area contributed by atoms with Crippen molar-refractivity contribution in [2.75, 3.05) is 12.0 Å². The molecule has 7 heteroatoms. The van der Waals surface area contributed by atoms with E-state index in [1.165, 1.54) is 0 Å². The van der Waals surface area contributed by atoms with Gasteiger partial charge >= 0.3 is 11.8 Å². The summed E-state index contributed by atoms with van der Waals surface area (Å²) in [5, 5.41) is 0.359. The standard InChI is InChI=1S/C10H10ClN3O3/c1-2-17-10(16)13-14-8-6(11)4-3-5-7(8)12-9(14)15/h3-5H,2H2,1H3,(H,12,15)(H,13,16). The maximum Gasteiger partial charge on any atom is 0.426 e. The highest BCUT2D eigenvalue weighted by molar-refractivity contribution is 6.35. The third-order valence-corrected chi connectivity index (χ3v) is 2.44. The molecule has 1 amide bonds. The van der Waals surface area contributed by atoms with Crippen molar-refractivity contribution in [3.8, 4) is 0 Å². The van der Waals surface area contributed by atoms with Gasteiger partial charge in [0.25, 0.3) is 0 Å². The third-order valence-electron chi connectivity index (χ3n) is 2.13. The van der Waals surface area contributed by atoms with E-state index < -0.39 is 11.8 Å². The molecule has 1 aromatic carbocycles. The molecule has 0 aliphatic heterocycles. The molecule has 1 aromatic heterocycles. The Balaban J connectivity index is 2.49. The summed E-state index contributed by atoms with van der Waals surface area (Å²) in [6, 6.07) is 5.02. The van der Waals surface area contributed by atoms with Crippen molar-refractivity contribution in [3.63, 3.8) is 0 Å². The van der Waals surface area contributed by atoms with Crippen molar-refractivity contribution < 1.29 is 9.53 Å². The fourth-order valence-corrected chi connectivity index (χ4v) is 1.74. The number of para-hydroxylation sites is 1. The lowest BCUT2D eigenvalue weighted by molar-refractivity contribution is 0.164. The molecule has 0 saturated heterocycles. The second kappa shape index (κ2) is 4.50. The van der Waals surface area contributed by atoms with Gasteiger partial charge in [-0.05, 0) is 19.1 Å². The predicted octanol–water partition coefficient (Wildman–Crippen LogP) is 1.68. The van der Waals surface area contributed by atoms with E-state index in [9.17, 15) is 9.59 Å². The van der Waals surface area contributed by atoms with Crippen molar-refractivity contribution in [1.29, 1.82) is 0 Å². The van der Waals surface area contributed by atoms with Gasteiger partial charge in [0.2, 0.25) is 0 Å². The number of benzene rings is 1. The first-order chi connectivity index (χ1) is 8.13. The van der Waals surface area contributed by atoms with Gasteiger partial charge in [0.15, 0.2) is 0 Å². The van der Waals surface area contributed by atoms with Crippen molar-refractivity contribution in [1.82, 2.24) is 9.66 Å². The molecule has 2 rings (SSSR count). The second-order valence-electron chi connectivity index (χ2n) is 3.23. The largest absolute Gasteiger partial charge is 0.449 e. The number of aromatic amines is 1. The van der Waals surface area contributed by atoms with Crippen LogP contribution in [0.25, 0.3) is 11.0 Å². The highest BCUT2D eigenvalue weighted by Gasteiger charge is 2.12. The molecule has 1 heterocycles. The van der Waals surface area contributed by atoms with Crippen LogP contribution >= 0.6 is 11.6 Å². The Labute approximate surface area is 101 Å². The smallest absolute Gasteiger partial charge is 0.426 e. The number of amides is 1. The number of H-pyrrole nitrogens is 1. The molecule has 0 spiro atoms. The zero-order valence-electron chi connectivity index (χ0n) is 8.99. The average Bonchev–Trinajstić information content (AvgIpc) is 2.57. The number of hydrogen-bond acceptors (Lipinski definition) is 3. The topological polar surface area (TPSA) is 76.1 Å². The van der Waals surface area contributed by atoms with Gasteiger partial charge in [-0.2, -0.15) is 4.68 Å². The van der Waals surface area contributed by atoms with Gasteiger partial charge in [-0.25, -0.2) is 15.0 Å². The first-order valence-corrected chi connectivity index (χ1v) is 5.34. The van der Waals surface area contributed by atoms with Crippen LogP contribution in [0.2, 0.25) is 5.02 Å². The zero-order chi connectivity index (χ0) is 12.4. The Kier molecular flexibility index (Phi) is 3.06. The van der Waals surface area contributed by atoms with Crippen molar-refractivity contribution in [2.45, 2.75) is 6.92 Å². The lowest BCUT2D eigenvalue weighted by Crippen LogP contribution is -2.31. The van der Waals surface area contributed by atoms with Crippen LogP contribution < -0.4 is 11.1 Å². The molecule has 0 atom stereocenters. The molecule has 0 aliphatic carbocycles. The number of hydrogen-bond donors (Lipinski definition) is 2. The van der Waals surface area contributed by atoms with Crippen LogP contribution in [0.5, 0.6) is 0 Å². The molecular weight excluding hydrogens is 246 g/mol. The fourth-order valence-electron chi connectivity index (χ4n) is 1.48. The van der Waals surface area contributed by atoms with Crippen molar-refractivity contribution in [2.24, 2.45) is 0 Å². The summed E-state index contributed by atoms with van der Waals surface area (Å²) in [6.45, 7) is 1.89. The third kappa shape index (κ3) is 2.12. The molecule has 0 aliphatic rings. The summed E-state index contributed by atoms with van der Waals surface area (Å²) >= 11 is 5.96. The lowest BCUT2D eigenvalue weighted by atomic mass is 10.3. The number of aromatic nitrogens is 2. The Morgan fingerprint density at radius 3 is 3.06 bits per heavy atom. The molecule has 0 radical (unpaired) electrons. The predicted molar refractivity (Wildman–Crippen MR) is 64.0 cm³/mol. The van der Waals surface area contributed by atoms with Crippen LogP contribution in [-0.4, -0.2) is 22.4 Å². The lowest BCUT2D eigenvalue weighted by Gasteiger charge is -2.06. The maximum atomic E-state index is 11.6. The molecule has 2 aromatic rings. The van der Waals surface area contributed by atoms with Crippen molar-refractivity contribution in [3.05, 3.63) is 33.7 Å². The van der Waals surface area contributed by atoms with Gasteiger partial charge in [0.05, 0.1) is 17.1 Å². The van der Waals surface area contributed by atoms with Crippen LogP contribution in [-0.2, 0) is 4.74 Å². The van der Waals surface area contributed by atoms with E-state index in [0.29, 0.717) is 16.1 Å². The fraction of sp³-hybridized carbons (Fsp3) is 0.200. The summed E-state index contributed by atoms with van der Waals surface area (Å²) < 4.78 is 5.72. The number of carbonyl (C=O) groups excluding carboxylic acids is 1. The minimum atomic E-state index is -0.713.